The fourth-order valence-corrected chi connectivity index (χ4v) is 1.84. The van der Waals surface area contributed by atoms with Crippen LogP contribution in [0, 0.1) is 0 Å². The van der Waals surface area contributed by atoms with Gasteiger partial charge in [0.2, 0.25) is 5.95 Å². The third-order valence-electron chi connectivity index (χ3n) is 2.25. The average Bonchev–Trinajstić information content (AvgIpc) is 2.33. The number of alkyl halides is 3. The SMILES string of the molecule is CSCCCCCNc1nccc(C(F)(F)F)n1. The average molecular weight is 279 g/mol. The van der Waals surface area contributed by atoms with Crippen molar-refractivity contribution in [1.82, 2.24) is 9.97 Å². The smallest absolute Gasteiger partial charge is 0.354 e. The summed E-state index contributed by atoms with van der Waals surface area (Å²) in [6.45, 7) is 0.593. The molecule has 0 spiro atoms. The van der Waals surface area contributed by atoms with Crippen LogP contribution in [0.5, 0.6) is 0 Å². The second-order valence-electron chi connectivity index (χ2n) is 3.74. The Morgan fingerprint density at radius 2 is 2.06 bits per heavy atom. The van der Waals surface area contributed by atoms with Crippen molar-refractivity contribution in [2.45, 2.75) is 25.4 Å². The van der Waals surface area contributed by atoms with Crippen molar-refractivity contribution < 1.29 is 13.2 Å². The molecule has 0 amide bonds. The van der Waals surface area contributed by atoms with Gasteiger partial charge in [-0.05, 0) is 30.9 Å². The van der Waals surface area contributed by atoms with E-state index < -0.39 is 11.9 Å². The van der Waals surface area contributed by atoms with Gasteiger partial charge in [0.25, 0.3) is 0 Å². The molecule has 1 rings (SSSR count). The lowest BCUT2D eigenvalue weighted by molar-refractivity contribution is -0.141. The molecule has 0 bridgehead atoms. The highest BCUT2D eigenvalue weighted by Crippen LogP contribution is 2.27. The maximum Gasteiger partial charge on any atom is 0.433 e. The first-order valence-corrected chi connectivity index (χ1v) is 7.06. The molecular weight excluding hydrogens is 263 g/mol. The fourth-order valence-electron chi connectivity index (χ4n) is 1.35. The van der Waals surface area contributed by atoms with Crippen LogP contribution in [0.4, 0.5) is 19.1 Å². The number of hydrogen-bond donors (Lipinski definition) is 1. The van der Waals surface area contributed by atoms with E-state index in [1.165, 1.54) is 0 Å². The van der Waals surface area contributed by atoms with Crippen molar-refractivity contribution in [3.63, 3.8) is 0 Å². The summed E-state index contributed by atoms with van der Waals surface area (Å²) in [6, 6.07) is 0.865. The molecule has 18 heavy (non-hydrogen) atoms. The van der Waals surface area contributed by atoms with Crippen molar-refractivity contribution in [1.29, 1.82) is 0 Å². The van der Waals surface area contributed by atoms with Gasteiger partial charge in [-0.3, -0.25) is 0 Å². The van der Waals surface area contributed by atoms with E-state index in [4.69, 9.17) is 0 Å². The number of halogens is 3. The summed E-state index contributed by atoms with van der Waals surface area (Å²) in [5.74, 6) is 1.15. The van der Waals surface area contributed by atoms with E-state index in [9.17, 15) is 13.2 Å². The summed E-state index contributed by atoms with van der Waals surface area (Å²) in [4.78, 5) is 7.19. The molecule has 0 saturated carbocycles. The number of hydrogen-bond acceptors (Lipinski definition) is 4. The van der Waals surface area contributed by atoms with E-state index >= 15 is 0 Å². The molecule has 3 nitrogen and oxygen atoms in total. The molecule has 0 aliphatic heterocycles. The Hall–Kier alpha value is -0.980. The lowest BCUT2D eigenvalue weighted by atomic mass is 10.2. The summed E-state index contributed by atoms with van der Waals surface area (Å²) in [7, 11) is 0. The first kappa shape index (κ1) is 15.1. The second kappa shape index (κ2) is 7.45. The lowest BCUT2D eigenvalue weighted by Gasteiger charge is -2.08. The molecule has 0 atom stereocenters. The van der Waals surface area contributed by atoms with Crippen molar-refractivity contribution in [2.24, 2.45) is 0 Å². The summed E-state index contributed by atoms with van der Waals surface area (Å²) in [5, 5.41) is 2.81. The van der Waals surface area contributed by atoms with Crippen LogP contribution in [0.25, 0.3) is 0 Å². The Kier molecular flexibility index (Phi) is 6.24. The highest BCUT2D eigenvalue weighted by molar-refractivity contribution is 7.98. The number of aromatic nitrogens is 2. The van der Waals surface area contributed by atoms with E-state index in [2.05, 4.69) is 21.5 Å². The number of rotatable bonds is 7. The van der Waals surface area contributed by atoms with Crippen LogP contribution >= 0.6 is 11.8 Å². The first-order chi connectivity index (χ1) is 8.54. The summed E-state index contributed by atoms with van der Waals surface area (Å²) < 4.78 is 37.1. The van der Waals surface area contributed by atoms with E-state index in [1.54, 1.807) is 11.8 Å². The topological polar surface area (TPSA) is 37.8 Å². The maximum absolute atomic E-state index is 12.4. The normalized spacial score (nSPS) is 11.6. The quantitative estimate of drug-likeness (QED) is 0.776. The van der Waals surface area contributed by atoms with Crippen LogP contribution in [0.2, 0.25) is 0 Å². The molecule has 0 aliphatic rings. The Morgan fingerprint density at radius 3 is 2.72 bits per heavy atom. The predicted octanol–water partition coefficient (Wildman–Crippen LogP) is 3.44. The van der Waals surface area contributed by atoms with E-state index in [1.807, 2.05) is 0 Å². The van der Waals surface area contributed by atoms with E-state index in [0.29, 0.717) is 6.54 Å². The van der Waals surface area contributed by atoms with Gasteiger partial charge in [-0.15, -0.1) is 0 Å². The monoisotopic (exact) mass is 279 g/mol. The molecule has 1 N–H and O–H groups in total. The van der Waals surface area contributed by atoms with Gasteiger partial charge in [0.05, 0.1) is 0 Å². The molecule has 1 heterocycles. The highest BCUT2D eigenvalue weighted by Gasteiger charge is 2.32. The zero-order chi connectivity index (χ0) is 13.4. The Balaban J connectivity index is 2.34. The number of anilines is 1. The van der Waals surface area contributed by atoms with Gasteiger partial charge in [-0.1, -0.05) is 6.42 Å². The zero-order valence-electron chi connectivity index (χ0n) is 10.1. The van der Waals surface area contributed by atoms with Crippen LogP contribution in [0.3, 0.4) is 0 Å². The zero-order valence-corrected chi connectivity index (χ0v) is 10.9. The van der Waals surface area contributed by atoms with Crippen LogP contribution in [-0.4, -0.2) is 28.5 Å². The molecule has 0 aromatic carbocycles. The minimum Gasteiger partial charge on any atom is -0.354 e. The van der Waals surface area contributed by atoms with Crippen LogP contribution in [0.1, 0.15) is 25.0 Å². The van der Waals surface area contributed by atoms with Gasteiger partial charge in [0, 0.05) is 12.7 Å². The molecular formula is C11H16F3N3S. The predicted molar refractivity (Wildman–Crippen MR) is 67.8 cm³/mol. The van der Waals surface area contributed by atoms with Gasteiger partial charge in [-0.2, -0.15) is 24.9 Å². The van der Waals surface area contributed by atoms with Crippen molar-refractivity contribution in [3.8, 4) is 0 Å². The standard InChI is InChI=1S/C11H16F3N3S/c1-18-8-4-2-3-6-15-10-16-7-5-9(17-10)11(12,13)14/h5,7H,2-4,6,8H2,1H3,(H,15,16,17). The van der Waals surface area contributed by atoms with Crippen molar-refractivity contribution in [2.75, 3.05) is 23.9 Å². The van der Waals surface area contributed by atoms with Gasteiger partial charge >= 0.3 is 6.18 Å². The number of unbranched alkanes of at least 4 members (excludes halogenated alkanes) is 2. The molecule has 7 heteroatoms. The number of nitrogens with one attached hydrogen (secondary N) is 1. The molecule has 0 unspecified atom stereocenters. The van der Waals surface area contributed by atoms with Gasteiger partial charge in [0.1, 0.15) is 5.69 Å². The molecule has 1 aromatic rings. The Morgan fingerprint density at radius 1 is 1.28 bits per heavy atom. The number of nitrogens with zero attached hydrogens (tertiary/aromatic N) is 2. The fraction of sp³-hybridized carbons (Fsp3) is 0.636. The van der Waals surface area contributed by atoms with Gasteiger partial charge in [-0.25, -0.2) is 9.97 Å². The van der Waals surface area contributed by atoms with E-state index in [-0.39, 0.29) is 5.95 Å². The van der Waals surface area contributed by atoms with Crippen LogP contribution < -0.4 is 5.32 Å². The Labute approximate surface area is 109 Å². The van der Waals surface area contributed by atoms with Crippen molar-refractivity contribution >= 4 is 17.7 Å². The first-order valence-electron chi connectivity index (χ1n) is 5.67. The van der Waals surface area contributed by atoms with Crippen LogP contribution in [-0.2, 0) is 6.18 Å². The molecule has 0 saturated heterocycles. The largest absolute Gasteiger partial charge is 0.433 e. The molecule has 102 valence electrons. The van der Waals surface area contributed by atoms with Gasteiger partial charge in [0.15, 0.2) is 0 Å². The third-order valence-corrected chi connectivity index (χ3v) is 2.95. The third kappa shape index (κ3) is 5.57. The minimum atomic E-state index is -4.42. The molecule has 0 fully saturated rings. The molecule has 1 aromatic heterocycles. The van der Waals surface area contributed by atoms with Crippen molar-refractivity contribution in [3.05, 3.63) is 18.0 Å². The Bertz CT molecular complexity index is 358. The molecule has 0 radical (unpaired) electrons. The summed E-state index contributed by atoms with van der Waals surface area (Å²) >= 11 is 1.79. The number of thioether (sulfide) groups is 1. The highest BCUT2D eigenvalue weighted by atomic mass is 32.2. The van der Waals surface area contributed by atoms with Crippen LogP contribution in [0.15, 0.2) is 12.3 Å². The van der Waals surface area contributed by atoms with Gasteiger partial charge < -0.3 is 5.32 Å². The van der Waals surface area contributed by atoms with E-state index in [0.717, 1.165) is 37.3 Å². The maximum atomic E-state index is 12.4. The lowest BCUT2D eigenvalue weighted by Crippen LogP contribution is -2.12. The summed E-state index contributed by atoms with van der Waals surface area (Å²) in [6.07, 6.45) is 1.82. The summed E-state index contributed by atoms with van der Waals surface area (Å²) in [5.41, 5.74) is -0.914. The minimum absolute atomic E-state index is 0.0368. The second-order valence-corrected chi connectivity index (χ2v) is 4.73. The molecule has 0 aliphatic carbocycles.